The van der Waals surface area contributed by atoms with Gasteiger partial charge in [-0.25, -0.2) is 4.79 Å². The molecule has 2 amide bonds. The summed E-state index contributed by atoms with van der Waals surface area (Å²) in [5.41, 5.74) is 0.813. The fourth-order valence-electron chi connectivity index (χ4n) is 2.67. The molecule has 6 nitrogen and oxygen atoms in total. The minimum Gasteiger partial charge on any atom is -0.467 e. The van der Waals surface area contributed by atoms with Crippen LogP contribution in [0.25, 0.3) is 0 Å². The Balaban J connectivity index is 1.61. The molecule has 0 aliphatic heterocycles. The lowest BCUT2D eigenvalue weighted by Crippen LogP contribution is -2.45. The Bertz CT molecular complexity index is 594. The summed E-state index contributed by atoms with van der Waals surface area (Å²) >= 11 is 0. The van der Waals surface area contributed by atoms with E-state index in [1.54, 1.807) is 24.6 Å². The number of aromatic nitrogens is 1. The highest BCUT2D eigenvalue weighted by Crippen LogP contribution is 2.37. The normalized spacial score (nSPS) is 21.7. The number of hydrogen-bond donors (Lipinski definition) is 3. The van der Waals surface area contributed by atoms with Crippen LogP contribution >= 0.6 is 0 Å². The first-order chi connectivity index (χ1) is 10.7. The number of amides is 2. The largest absolute Gasteiger partial charge is 0.467 e. The molecule has 1 aliphatic carbocycles. The Morgan fingerprint density at radius 1 is 1.36 bits per heavy atom. The maximum atomic E-state index is 12.1. The predicted octanol–water partition coefficient (Wildman–Crippen LogP) is 1.99. The second kappa shape index (κ2) is 6.62. The van der Waals surface area contributed by atoms with Gasteiger partial charge in [0, 0.05) is 6.20 Å². The zero-order valence-electron chi connectivity index (χ0n) is 12.1. The number of aliphatic hydroxyl groups is 1. The monoisotopic (exact) mass is 301 g/mol. The fraction of sp³-hybridized carbons (Fsp3) is 0.375. The number of carbonyl (C=O) groups excluding carboxylic acids is 1. The molecule has 2 heterocycles. The van der Waals surface area contributed by atoms with Crippen LogP contribution in [-0.2, 0) is 6.54 Å². The van der Waals surface area contributed by atoms with Crippen LogP contribution in [0.1, 0.15) is 30.3 Å². The third kappa shape index (κ3) is 3.46. The van der Waals surface area contributed by atoms with Gasteiger partial charge in [0.2, 0.25) is 0 Å². The Labute approximate surface area is 128 Å². The van der Waals surface area contributed by atoms with Crippen LogP contribution in [0.3, 0.4) is 0 Å². The first-order valence-electron chi connectivity index (χ1n) is 7.38. The summed E-state index contributed by atoms with van der Waals surface area (Å²) in [6.07, 6.45) is 4.37. The molecular weight excluding hydrogens is 282 g/mol. The molecule has 2 aromatic heterocycles. The van der Waals surface area contributed by atoms with Crippen LogP contribution in [0.2, 0.25) is 0 Å². The number of furan rings is 1. The van der Waals surface area contributed by atoms with Crippen molar-refractivity contribution in [3.63, 3.8) is 0 Å². The van der Waals surface area contributed by atoms with Gasteiger partial charge in [-0.15, -0.1) is 0 Å². The van der Waals surface area contributed by atoms with Gasteiger partial charge in [-0.05, 0) is 43.0 Å². The van der Waals surface area contributed by atoms with Crippen LogP contribution in [0.15, 0.2) is 47.2 Å². The summed E-state index contributed by atoms with van der Waals surface area (Å²) in [4.78, 5) is 16.4. The zero-order chi connectivity index (χ0) is 15.4. The number of aliphatic hydroxyl groups excluding tert-OH is 1. The van der Waals surface area contributed by atoms with E-state index in [9.17, 15) is 9.90 Å². The minimum atomic E-state index is -0.274. The predicted molar refractivity (Wildman–Crippen MR) is 79.8 cm³/mol. The highest BCUT2D eigenvalue weighted by atomic mass is 16.3. The highest BCUT2D eigenvalue weighted by molar-refractivity contribution is 5.74. The molecule has 1 fully saturated rings. The van der Waals surface area contributed by atoms with Crippen LogP contribution in [0.5, 0.6) is 0 Å². The van der Waals surface area contributed by atoms with Gasteiger partial charge in [-0.1, -0.05) is 6.07 Å². The summed E-state index contributed by atoms with van der Waals surface area (Å²) in [5, 5.41) is 15.2. The van der Waals surface area contributed by atoms with Crippen LogP contribution in [0.4, 0.5) is 4.79 Å². The molecule has 3 N–H and O–H groups in total. The van der Waals surface area contributed by atoms with Gasteiger partial charge < -0.3 is 20.2 Å². The number of hydrogen-bond acceptors (Lipinski definition) is 4. The lowest BCUT2D eigenvalue weighted by molar-refractivity contribution is 0.0252. The first-order valence-corrected chi connectivity index (χ1v) is 7.38. The standard InChI is InChI=1S/C16H19N3O3/c20-12-8-11(9-12)15(14-5-1-2-6-17-14)19-16(21)18-10-13-4-3-7-22-13/h1-7,11-12,15,20H,8-10H2,(H2,18,19,21)/t11?,12?,15-/m1/s1. The highest BCUT2D eigenvalue weighted by Gasteiger charge is 2.36. The molecule has 0 spiro atoms. The van der Waals surface area contributed by atoms with Crippen molar-refractivity contribution >= 4 is 6.03 Å². The maximum Gasteiger partial charge on any atom is 0.315 e. The second-order valence-corrected chi connectivity index (χ2v) is 5.52. The van der Waals surface area contributed by atoms with Gasteiger partial charge in [0.1, 0.15) is 5.76 Å². The van der Waals surface area contributed by atoms with Gasteiger partial charge in [-0.2, -0.15) is 0 Å². The van der Waals surface area contributed by atoms with Crippen molar-refractivity contribution in [3.05, 3.63) is 54.2 Å². The number of urea groups is 1. The number of pyridine rings is 1. The van der Waals surface area contributed by atoms with E-state index in [1.807, 2.05) is 18.2 Å². The quantitative estimate of drug-likeness (QED) is 0.788. The molecule has 3 rings (SSSR count). The molecule has 0 unspecified atom stereocenters. The lowest BCUT2D eigenvalue weighted by atomic mass is 9.76. The zero-order valence-corrected chi connectivity index (χ0v) is 12.1. The SMILES string of the molecule is O=C(NCc1ccco1)N[C@@H](c1ccccn1)C1CC(O)C1. The van der Waals surface area contributed by atoms with Crippen molar-refractivity contribution < 1.29 is 14.3 Å². The lowest BCUT2D eigenvalue weighted by Gasteiger charge is -2.37. The molecule has 6 heteroatoms. The molecule has 22 heavy (non-hydrogen) atoms. The number of nitrogens with zero attached hydrogens (tertiary/aromatic N) is 1. The van der Waals surface area contributed by atoms with E-state index in [0.29, 0.717) is 25.1 Å². The summed E-state index contributed by atoms with van der Waals surface area (Å²) in [5.74, 6) is 0.905. The molecule has 1 aliphatic rings. The van der Waals surface area contributed by atoms with E-state index >= 15 is 0 Å². The topological polar surface area (TPSA) is 87.4 Å². The molecule has 0 saturated heterocycles. The third-order valence-electron chi connectivity index (χ3n) is 3.92. The summed E-state index contributed by atoms with van der Waals surface area (Å²) in [6, 6.07) is 8.75. The number of nitrogens with one attached hydrogen (secondary N) is 2. The van der Waals surface area contributed by atoms with E-state index in [1.165, 1.54) is 0 Å². The van der Waals surface area contributed by atoms with Crippen molar-refractivity contribution in [1.29, 1.82) is 0 Å². The Morgan fingerprint density at radius 3 is 2.86 bits per heavy atom. The average Bonchev–Trinajstić information content (AvgIpc) is 3.02. The maximum absolute atomic E-state index is 12.1. The molecule has 116 valence electrons. The van der Waals surface area contributed by atoms with Gasteiger partial charge in [0.15, 0.2) is 0 Å². The Hall–Kier alpha value is -2.34. The van der Waals surface area contributed by atoms with Crippen LogP contribution < -0.4 is 10.6 Å². The Kier molecular flexibility index (Phi) is 4.39. The number of carbonyl (C=O) groups is 1. The molecular formula is C16H19N3O3. The smallest absolute Gasteiger partial charge is 0.315 e. The van der Waals surface area contributed by atoms with Gasteiger partial charge in [0.25, 0.3) is 0 Å². The second-order valence-electron chi connectivity index (χ2n) is 5.52. The van der Waals surface area contributed by atoms with E-state index in [4.69, 9.17) is 4.42 Å². The molecule has 1 atom stereocenters. The average molecular weight is 301 g/mol. The molecule has 1 saturated carbocycles. The van der Waals surface area contributed by atoms with Crippen molar-refractivity contribution in [2.75, 3.05) is 0 Å². The van der Waals surface area contributed by atoms with Gasteiger partial charge in [-0.3, -0.25) is 4.98 Å². The van der Waals surface area contributed by atoms with E-state index in [0.717, 1.165) is 5.69 Å². The number of rotatable bonds is 5. The van der Waals surface area contributed by atoms with E-state index in [2.05, 4.69) is 15.6 Å². The van der Waals surface area contributed by atoms with Gasteiger partial charge >= 0.3 is 6.03 Å². The molecule has 2 aromatic rings. The van der Waals surface area contributed by atoms with Crippen molar-refractivity contribution in [3.8, 4) is 0 Å². The van der Waals surface area contributed by atoms with E-state index < -0.39 is 0 Å². The van der Waals surface area contributed by atoms with Crippen molar-refractivity contribution in [2.45, 2.75) is 31.5 Å². The van der Waals surface area contributed by atoms with Gasteiger partial charge in [0.05, 0.1) is 30.6 Å². The minimum absolute atomic E-state index is 0.193. The first kappa shape index (κ1) is 14.6. The Morgan fingerprint density at radius 2 is 2.23 bits per heavy atom. The molecule has 0 bridgehead atoms. The molecule has 0 aromatic carbocycles. The third-order valence-corrected chi connectivity index (χ3v) is 3.92. The van der Waals surface area contributed by atoms with Crippen LogP contribution in [0, 0.1) is 5.92 Å². The van der Waals surface area contributed by atoms with E-state index in [-0.39, 0.29) is 24.1 Å². The fourth-order valence-corrected chi connectivity index (χ4v) is 2.67. The molecule has 0 radical (unpaired) electrons. The van der Waals surface area contributed by atoms with Crippen molar-refractivity contribution in [2.24, 2.45) is 5.92 Å². The summed E-state index contributed by atoms with van der Waals surface area (Å²) < 4.78 is 5.18. The summed E-state index contributed by atoms with van der Waals surface area (Å²) in [7, 11) is 0. The van der Waals surface area contributed by atoms with Crippen molar-refractivity contribution in [1.82, 2.24) is 15.6 Å². The van der Waals surface area contributed by atoms with Crippen LogP contribution in [-0.4, -0.2) is 22.2 Å². The summed E-state index contributed by atoms with van der Waals surface area (Å²) in [6.45, 7) is 0.334.